The molecule has 1 aromatic carbocycles. The summed E-state index contributed by atoms with van der Waals surface area (Å²) < 4.78 is 5.92. The number of anilines is 1. The van der Waals surface area contributed by atoms with Crippen LogP contribution in [0.1, 0.15) is 37.8 Å². The van der Waals surface area contributed by atoms with Gasteiger partial charge in [-0.05, 0) is 49.9 Å². The van der Waals surface area contributed by atoms with E-state index in [-0.39, 0.29) is 35.4 Å². The summed E-state index contributed by atoms with van der Waals surface area (Å²) in [5.74, 6) is 1.02. The molecule has 1 heterocycles. The number of rotatable bonds is 2. The quantitative estimate of drug-likeness (QED) is 0.427. The average Bonchev–Trinajstić information content (AvgIpc) is 2.49. The van der Waals surface area contributed by atoms with E-state index in [0.29, 0.717) is 18.0 Å². The van der Waals surface area contributed by atoms with Gasteiger partial charge in [-0.3, -0.25) is 0 Å². The van der Waals surface area contributed by atoms with Crippen LogP contribution in [0.15, 0.2) is 23.2 Å². The maximum atomic E-state index is 6.15. The molecule has 1 aliphatic heterocycles. The van der Waals surface area contributed by atoms with Crippen molar-refractivity contribution in [2.45, 2.75) is 52.7 Å². The molecular weight excluding hydrogens is 401 g/mol. The molecule has 1 aromatic rings. The molecule has 3 unspecified atom stereocenters. The van der Waals surface area contributed by atoms with Crippen LogP contribution in [0.2, 0.25) is 0 Å². The van der Waals surface area contributed by atoms with E-state index in [1.807, 2.05) is 6.07 Å². The van der Waals surface area contributed by atoms with Crippen LogP contribution in [-0.2, 0) is 4.74 Å². The fourth-order valence-electron chi connectivity index (χ4n) is 3.91. The molecule has 0 spiro atoms. The van der Waals surface area contributed by atoms with Crippen molar-refractivity contribution in [2.24, 2.45) is 22.1 Å². The number of benzene rings is 1. The molecule has 3 atom stereocenters. The van der Waals surface area contributed by atoms with E-state index in [9.17, 15) is 0 Å². The van der Waals surface area contributed by atoms with Gasteiger partial charge in [-0.2, -0.15) is 0 Å². The summed E-state index contributed by atoms with van der Waals surface area (Å²) >= 11 is 0. The second kappa shape index (κ2) is 6.97. The van der Waals surface area contributed by atoms with E-state index in [1.54, 1.807) is 0 Å². The fourth-order valence-corrected chi connectivity index (χ4v) is 3.91. The van der Waals surface area contributed by atoms with Gasteiger partial charge in [0.05, 0.1) is 12.1 Å². The van der Waals surface area contributed by atoms with E-state index in [1.165, 1.54) is 17.5 Å². The number of nitrogens with one attached hydrogen (secondary N) is 1. The minimum absolute atomic E-state index is 0. The molecule has 128 valence electrons. The second-order valence-electron chi connectivity index (χ2n) is 7.30. The molecule has 0 aromatic heterocycles. The molecule has 4 nitrogen and oxygen atoms in total. The van der Waals surface area contributed by atoms with Crippen LogP contribution >= 0.6 is 24.0 Å². The van der Waals surface area contributed by atoms with Gasteiger partial charge in [0, 0.05) is 23.6 Å². The summed E-state index contributed by atoms with van der Waals surface area (Å²) in [5, 5.41) is 3.23. The Morgan fingerprint density at radius 3 is 2.74 bits per heavy atom. The molecular formula is C18H28IN3O. The summed E-state index contributed by atoms with van der Waals surface area (Å²) in [5.41, 5.74) is 9.75. The van der Waals surface area contributed by atoms with Gasteiger partial charge in [0.15, 0.2) is 5.96 Å². The molecule has 2 aliphatic rings. The normalized spacial score (nSPS) is 29.0. The van der Waals surface area contributed by atoms with Crippen LogP contribution in [0.25, 0.3) is 0 Å². The maximum Gasteiger partial charge on any atom is 0.193 e. The first-order chi connectivity index (χ1) is 10.4. The van der Waals surface area contributed by atoms with Crippen molar-refractivity contribution in [2.75, 3.05) is 11.9 Å². The Kier molecular flexibility index (Phi) is 5.61. The van der Waals surface area contributed by atoms with Crippen LogP contribution in [0.5, 0.6) is 0 Å². The Morgan fingerprint density at radius 2 is 2.04 bits per heavy atom. The van der Waals surface area contributed by atoms with Crippen LogP contribution in [0.3, 0.4) is 0 Å². The zero-order chi connectivity index (χ0) is 15.9. The molecule has 1 aliphatic carbocycles. The number of ether oxygens (including phenoxy) is 1. The van der Waals surface area contributed by atoms with Crippen molar-refractivity contribution >= 4 is 35.6 Å². The van der Waals surface area contributed by atoms with Crippen LogP contribution in [0.4, 0.5) is 5.69 Å². The van der Waals surface area contributed by atoms with Crippen molar-refractivity contribution in [3.8, 4) is 0 Å². The number of nitrogens with zero attached hydrogens (tertiary/aromatic N) is 1. The maximum absolute atomic E-state index is 6.15. The SMILES string of the molecule is Cc1ccc(NC(N)=NC2C3CCCOC3C2(C)C)cc1C.I. The highest BCUT2D eigenvalue weighted by atomic mass is 127. The predicted molar refractivity (Wildman–Crippen MR) is 107 cm³/mol. The van der Waals surface area contributed by atoms with Gasteiger partial charge in [0.25, 0.3) is 0 Å². The van der Waals surface area contributed by atoms with Gasteiger partial charge in [-0.1, -0.05) is 19.9 Å². The van der Waals surface area contributed by atoms with E-state index in [0.717, 1.165) is 18.7 Å². The summed E-state index contributed by atoms with van der Waals surface area (Å²) in [4.78, 5) is 4.77. The number of aryl methyl sites for hydroxylation is 2. The first-order valence-electron chi connectivity index (χ1n) is 8.19. The van der Waals surface area contributed by atoms with E-state index in [2.05, 4.69) is 45.1 Å². The Morgan fingerprint density at radius 1 is 1.30 bits per heavy atom. The largest absolute Gasteiger partial charge is 0.377 e. The lowest BCUT2D eigenvalue weighted by atomic mass is 9.55. The van der Waals surface area contributed by atoms with Crippen LogP contribution in [-0.4, -0.2) is 24.7 Å². The summed E-state index contributed by atoms with van der Waals surface area (Å²) in [7, 11) is 0. The highest BCUT2D eigenvalue weighted by Gasteiger charge is 2.58. The number of hydrogen-bond donors (Lipinski definition) is 2. The van der Waals surface area contributed by atoms with Crippen LogP contribution in [0, 0.1) is 25.2 Å². The Hall–Kier alpha value is -0.820. The van der Waals surface area contributed by atoms with E-state index >= 15 is 0 Å². The van der Waals surface area contributed by atoms with Crippen molar-refractivity contribution in [1.29, 1.82) is 0 Å². The number of aliphatic imine (C=N–C) groups is 1. The number of nitrogens with two attached hydrogens (primary N) is 1. The lowest BCUT2D eigenvalue weighted by Gasteiger charge is -2.58. The van der Waals surface area contributed by atoms with Gasteiger partial charge < -0.3 is 15.8 Å². The van der Waals surface area contributed by atoms with Crippen molar-refractivity contribution in [1.82, 2.24) is 0 Å². The number of halogens is 1. The van der Waals surface area contributed by atoms with Gasteiger partial charge >= 0.3 is 0 Å². The summed E-state index contributed by atoms with van der Waals surface area (Å²) in [6, 6.07) is 6.50. The Balaban J connectivity index is 0.00000192. The molecule has 1 saturated carbocycles. The first-order valence-corrected chi connectivity index (χ1v) is 8.19. The third-order valence-corrected chi connectivity index (χ3v) is 5.33. The van der Waals surface area contributed by atoms with Gasteiger partial charge in [0.1, 0.15) is 0 Å². The molecule has 3 N–H and O–H groups in total. The van der Waals surface area contributed by atoms with E-state index < -0.39 is 0 Å². The predicted octanol–water partition coefficient (Wildman–Crippen LogP) is 3.85. The third-order valence-electron chi connectivity index (χ3n) is 5.33. The molecule has 0 amide bonds. The zero-order valence-electron chi connectivity index (χ0n) is 14.4. The molecule has 2 fully saturated rings. The monoisotopic (exact) mass is 429 g/mol. The third kappa shape index (κ3) is 3.50. The second-order valence-corrected chi connectivity index (χ2v) is 7.30. The zero-order valence-corrected chi connectivity index (χ0v) is 16.8. The highest BCUT2D eigenvalue weighted by Crippen LogP contribution is 2.53. The lowest BCUT2D eigenvalue weighted by molar-refractivity contribution is -0.182. The number of guanidine groups is 1. The minimum Gasteiger partial charge on any atom is -0.377 e. The van der Waals surface area contributed by atoms with Crippen molar-refractivity contribution in [3.05, 3.63) is 29.3 Å². The summed E-state index contributed by atoms with van der Waals surface area (Å²) in [6.45, 7) is 9.56. The highest BCUT2D eigenvalue weighted by molar-refractivity contribution is 14.0. The molecule has 1 saturated heterocycles. The van der Waals surface area contributed by atoms with Crippen molar-refractivity contribution < 1.29 is 4.74 Å². The molecule has 5 heteroatoms. The van der Waals surface area contributed by atoms with E-state index in [4.69, 9.17) is 15.5 Å². The lowest BCUT2D eigenvalue weighted by Crippen LogP contribution is -2.64. The standard InChI is InChI=1S/C18H27N3O.HI/c1-11-7-8-13(10-12(11)2)20-17(19)21-15-14-6-5-9-22-16(14)18(15,3)4;/h7-8,10,14-16H,5-6,9H2,1-4H3,(H3,19,20,21);1H. The van der Waals surface area contributed by atoms with Gasteiger partial charge in [-0.25, -0.2) is 4.99 Å². The summed E-state index contributed by atoms with van der Waals surface area (Å²) in [6.07, 6.45) is 2.66. The van der Waals surface area contributed by atoms with Gasteiger partial charge in [0.2, 0.25) is 0 Å². The minimum atomic E-state index is 0. The van der Waals surface area contributed by atoms with Gasteiger partial charge in [-0.15, -0.1) is 24.0 Å². The number of fused-ring (bicyclic) bond motifs is 1. The smallest absolute Gasteiger partial charge is 0.193 e. The number of hydrogen-bond acceptors (Lipinski definition) is 2. The Bertz CT molecular complexity index is 600. The molecule has 3 rings (SSSR count). The fraction of sp³-hybridized carbons (Fsp3) is 0.611. The van der Waals surface area contributed by atoms with Crippen LogP contribution < -0.4 is 11.1 Å². The van der Waals surface area contributed by atoms with Crippen molar-refractivity contribution in [3.63, 3.8) is 0 Å². The Labute approximate surface area is 156 Å². The average molecular weight is 429 g/mol. The molecule has 23 heavy (non-hydrogen) atoms. The topological polar surface area (TPSA) is 59.6 Å². The molecule has 0 radical (unpaired) electrons. The first kappa shape index (κ1) is 18.5. The molecule has 0 bridgehead atoms.